The predicted molar refractivity (Wildman–Crippen MR) is 86.4 cm³/mol. The van der Waals surface area contributed by atoms with Gasteiger partial charge in [-0.3, -0.25) is 4.79 Å². The molecule has 0 aliphatic carbocycles. The molecule has 0 radical (unpaired) electrons. The Balaban J connectivity index is 1.53. The Bertz CT molecular complexity index is 650. The first-order valence-electron chi connectivity index (χ1n) is 7.63. The van der Waals surface area contributed by atoms with E-state index in [1.54, 1.807) is 10.9 Å². The third-order valence-corrected chi connectivity index (χ3v) is 3.81. The highest BCUT2D eigenvalue weighted by molar-refractivity contribution is 5.81. The van der Waals surface area contributed by atoms with Crippen LogP contribution in [0.3, 0.4) is 0 Å². The van der Waals surface area contributed by atoms with Crippen LogP contribution in [-0.4, -0.2) is 70.8 Å². The van der Waals surface area contributed by atoms with Crippen molar-refractivity contribution in [2.24, 2.45) is 5.92 Å². The molecule has 8 nitrogen and oxygen atoms in total. The van der Waals surface area contributed by atoms with Crippen molar-refractivity contribution in [1.82, 2.24) is 30.0 Å². The molecular weight excluding hydrogens is 294 g/mol. The molecule has 0 aromatic carbocycles. The van der Waals surface area contributed by atoms with E-state index in [0.29, 0.717) is 19.6 Å². The van der Waals surface area contributed by atoms with E-state index in [-0.39, 0.29) is 11.8 Å². The van der Waals surface area contributed by atoms with Crippen molar-refractivity contribution >= 4 is 11.7 Å². The van der Waals surface area contributed by atoms with Gasteiger partial charge in [0.05, 0.1) is 5.92 Å². The molecule has 3 heterocycles. The van der Waals surface area contributed by atoms with E-state index in [1.165, 1.54) is 6.33 Å². The van der Waals surface area contributed by atoms with Gasteiger partial charge in [-0.05, 0) is 20.2 Å². The molecule has 1 aliphatic rings. The van der Waals surface area contributed by atoms with Crippen LogP contribution in [0, 0.1) is 5.92 Å². The molecule has 1 saturated heterocycles. The number of likely N-dealkylation sites (N-methyl/N-ethyl adjacent to an activating group) is 1. The molecule has 122 valence electrons. The minimum absolute atomic E-state index is 0.0280. The molecule has 0 atom stereocenters. The quantitative estimate of drug-likeness (QED) is 0.794. The van der Waals surface area contributed by atoms with Gasteiger partial charge in [0.15, 0.2) is 5.82 Å². The second kappa shape index (κ2) is 6.74. The maximum Gasteiger partial charge on any atom is 0.226 e. The largest absolute Gasteiger partial charge is 0.355 e. The monoisotopic (exact) mass is 315 g/mol. The van der Waals surface area contributed by atoms with Crippen LogP contribution in [0.15, 0.2) is 30.9 Å². The number of aromatic nitrogens is 4. The first-order valence-corrected chi connectivity index (χ1v) is 7.63. The average molecular weight is 315 g/mol. The SMILES string of the molecule is CN(C)CCNC(=O)C1CN(c2cc(-n3cccn3)ncn2)C1. The average Bonchev–Trinajstić information content (AvgIpc) is 3.00. The summed E-state index contributed by atoms with van der Waals surface area (Å²) in [5.74, 6) is 1.69. The van der Waals surface area contributed by atoms with Gasteiger partial charge in [-0.25, -0.2) is 14.6 Å². The van der Waals surface area contributed by atoms with E-state index >= 15 is 0 Å². The van der Waals surface area contributed by atoms with Crippen molar-refractivity contribution in [1.29, 1.82) is 0 Å². The molecule has 0 saturated carbocycles. The number of rotatable bonds is 6. The Hall–Kier alpha value is -2.48. The highest BCUT2D eigenvalue weighted by atomic mass is 16.2. The maximum atomic E-state index is 12.0. The summed E-state index contributed by atoms with van der Waals surface area (Å²) in [6.07, 6.45) is 5.07. The van der Waals surface area contributed by atoms with Gasteiger partial charge in [0.1, 0.15) is 12.1 Å². The topological polar surface area (TPSA) is 79.2 Å². The van der Waals surface area contributed by atoms with Crippen LogP contribution < -0.4 is 10.2 Å². The summed E-state index contributed by atoms with van der Waals surface area (Å²) < 4.78 is 1.69. The van der Waals surface area contributed by atoms with Crippen molar-refractivity contribution < 1.29 is 4.79 Å². The third-order valence-electron chi connectivity index (χ3n) is 3.81. The molecule has 1 amide bonds. The molecule has 1 aliphatic heterocycles. The standard InChI is InChI=1S/C15H21N7O/c1-20(2)7-5-16-15(23)12-9-21(10-12)13-8-14(18-11-17-13)22-6-3-4-19-22/h3-4,6,8,11-12H,5,7,9-10H2,1-2H3,(H,16,23). The van der Waals surface area contributed by atoms with Gasteiger partial charge in [-0.1, -0.05) is 0 Å². The van der Waals surface area contributed by atoms with Crippen molar-refractivity contribution in [3.8, 4) is 5.82 Å². The lowest BCUT2D eigenvalue weighted by Gasteiger charge is -2.39. The summed E-state index contributed by atoms with van der Waals surface area (Å²) in [4.78, 5) is 24.7. The smallest absolute Gasteiger partial charge is 0.226 e. The van der Waals surface area contributed by atoms with Gasteiger partial charge in [-0.2, -0.15) is 5.10 Å². The van der Waals surface area contributed by atoms with E-state index < -0.39 is 0 Å². The summed E-state index contributed by atoms with van der Waals surface area (Å²) >= 11 is 0. The zero-order valence-electron chi connectivity index (χ0n) is 13.4. The highest BCUT2D eigenvalue weighted by Gasteiger charge is 2.33. The first kappa shape index (κ1) is 15.4. The Kier molecular flexibility index (Phi) is 4.52. The van der Waals surface area contributed by atoms with Gasteiger partial charge in [0, 0.05) is 44.6 Å². The predicted octanol–water partition coefficient (Wildman–Crippen LogP) is -0.224. The van der Waals surface area contributed by atoms with Crippen molar-refractivity contribution in [2.75, 3.05) is 45.2 Å². The fraction of sp³-hybridized carbons (Fsp3) is 0.467. The molecule has 23 heavy (non-hydrogen) atoms. The van der Waals surface area contributed by atoms with E-state index in [2.05, 4.69) is 25.3 Å². The third kappa shape index (κ3) is 3.65. The molecule has 3 rings (SSSR count). The van der Waals surface area contributed by atoms with Gasteiger partial charge in [0.25, 0.3) is 0 Å². The zero-order valence-corrected chi connectivity index (χ0v) is 13.4. The first-order chi connectivity index (χ1) is 11.1. The number of nitrogens with one attached hydrogen (secondary N) is 1. The fourth-order valence-corrected chi connectivity index (χ4v) is 2.42. The molecular formula is C15H21N7O. The molecule has 0 spiro atoms. The molecule has 2 aromatic heterocycles. The van der Waals surface area contributed by atoms with Gasteiger partial charge in [0.2, 0.25) is 5.91 Å². The summed E-state index contributed by atoms with van der Waals surface area (Å²) in [5, 5.41) is 7.13. The van der Waals surface area contributed by atoms with Crippen molar-refractivity contribution in [3.05, 3.63) is 30.9 Å². The number of hydrogen-bond acceptors (Lipinski definition) is 6. The number of nitrogens with zero attached hydrogens (tertiary/aromatic N) is 6. The Morgan fingerprint density at radius 1 is 1.35 bits per heavy atom. The zero-order chi connectivity index (χ0) is 16.2. The molecule has 1 fully saturated rings. The van der Waals surface area contributed by atoms with Gasteiger partial charge in [-0.15, -0.1) is 0 Å². The summed E-state index contributed by atoms with van der Waals surface area (Å²) in [6.45, 7) is 2.90. The van der Waals surface area contributed by atoms with Crippen LogP contribution in [0.2, 0.25) is 0 Å². The second-order valence-electron chi connectivity index (χ2n) is 5.88. The van der Waals surface area contributed by atoms with Crippen LogP contribution in [0.25, 0.3) is 5.82 Å². The van der Waals surface area contributed by atoms with Crippen molar-refractivity contribution in [3.63, 3.8) is 0 Å². The molecule has 2 aromatic rings. The number of anilines is 1. The van der Waals surface area contributed by atoms with E-state index in [1.807, 2.05) is 37.3 Å². The lowest BCUT2D eigenvalue weighted by Crippen LogP contribution is -2.54. The maximum absolute atomic E-state index is 12.0. The minimum atomic E-state index is 0.0280. The molecule has 0 unspecified atom stereocenters. The van der Waals surface area contributed by atoms with Crippen LogP contribution in [0.1, 0.15) is 0 Å². The number of hydrogen-bond donors (Lipinski definition) is 1. The highest BCUT2D eigenvalue weighted by Crippen LogP contribution is 2.23. The van der Waals surface area contributed by atoms with Crippen LogP contribution in [-0.2, 0) is 4.79 Å². The van der Waals surface area contributed by atoms with Crippen LogP contribution >= 0.6 is 0 Å². The minimum Gasteiger partial charge on any atom is -0.355 e. The van der Waals surface area contributed by atoms with Gasteiger partial charge >= 0.3 is 0 Å². The van der Waals surface area contributed by atoms with Crippen LogP contribution in [0.5, 0.6) is 0 Å². The normalized spacial score (nSPS) is 14.8. The lowest BCUT2D eigenvalue weighted by molar-refractivity contribution is -0.125. The molecule has 0 bridgehead atoms. The lowest BCUT2D eigenvalue weighted by atomic mass is 9.99. The van der Waals surface area contributed by atoms with Gasteiger partial charge < -0.3 is 15.1 Å². The summed E-state index contributed by atoms with van der Waals surface area (Å²) in [5.41, 5.74) is 0. The Labute approximate surface area is 135 Å². The molecule has 8 heteroatoms. The summed E-state index contributed by atoms with van der Waals surface area (Å²) in [6, 6.07) is 3.73. The number of carbonyl (C=O) groups is 1. The van der Waals surface area contributed by atoms with Crippen LogP contribution in [0.4, 0.5) is 5.82 Å². The fourth-order valence-electron chi connectivity index (χ4n) is 2.42. The Morgan fingerprint density at radius 2 is 2.13 bits per heavy atom. The number of carbonyl (C=O) groups excluding carboxylic acids is 1. The van der Waals surface area contributed by atoms with E-state index in [0.717, 1.165) is 18.2 Å². The number of amides is 1. The van der Waals surface area contributed by atoms with E-state index in [9.17, 15) is 4.79 Å². The second-order valence-corrected chi connectivity index (χ2v) is 5.88. The Morgan fingerprint density at radius 3 is 2.83 bits per heavy atom. The summed E-state index contributed by atoms with van der Waals surface area (Å²) in [7, 11) is 3.98. The van der Waals surface area contributed by atoms with Crippen molar-refractivity contribution in [2.45, 2.75) is 0 Å². The molecule has 1 N–H and O–H groups in total. The van der Waals surface area contributed by atoms with E-state index in [4.69, 9.17) is 0 Å².